The molecular formula is C7H8N2O5. The normalized spacial score (nSPS) is 9.93. The second-order valence-corrected chi connectivity index (χ2v) is 2.70. The van der Waals surface area contributed by atoms with Gasteiger partial charge in [-0.1, -0.05) is 0 Å². The van der Waals surface area contributed by atoms with Gasteiger partial charge in [-0.15, -0.1) is 5.23 Å². The van der Waals surface area contributed by atoms with Crippen LogP contribution in [0, 0.1) is 17.0 Å². The maximum Gasteiger partial charge on any atom is 0.313 e. The van der Waals surface area contributed by atoms with Crippen LogP contribution in [-0.4, -0.2) is 20.4 Å². The number of aryl methyl sites for hydroxylation is 1. The van der Waals surface area contributed by atoms with Gasteiger partial charge in [-0.05, 0) is 18.6 Å². The molecule has 7 nitrogen and oxygen atoms in total. The summed E-state index contributed by atoms with van der Waals surface area (Å²) in [5.41, 5.74) is -0.581. The van der Waals surface area contributed by atoms with Crippen molar-refractivity contribution in [2.45, 2.75) is 6.92 Å². The van der Waals surface area contributed by atoms with E-state index in [2.05, 4.69) is 0 Å². The van der Waals surface area contributed by atoms with Gasteiger partial charge in [0.2, 0.25) is 5.75 Å². The molecule has 0 amide bonds. The summed E-state index contributed by atoms with van der Waals surface area (Å²) in [6.07, 6.45) is 0. The number of phenolic OH excluding ortho intramolecular Hbond substituents is 1. The van der Waals surface area contributed by atoms with E-state index in [1.54, 1.807) is 0 Å². The standard InChI is InChI=1S/C7H8N2O5/c1-4-2-5(8(11)12)7(10)6(3-4)9(13)14/h2-3,10-12H,1H3. The van der Waals surface area contributed by atoms with Crippen molar-refractivity contribution >= 4 is 11.4 Å². The summed E-state index contributed by atoms with van der Waals surface area (Å²) in [5.74, 6) is -0.786. The molecule has 7 heteroatoms. The number of nitro benzene ring substituents is 1. The molecule has 0 heterocycles. The Hall–Kier alpha value is -1.86. The molecule has 0 spiro atoms. The summed E-state index contributed by atoms with van der Waals surface area (Å²) < 4.78 is 0. The third-order valence-electron chi connectivity index (χ3n) is 1.63. The van der Waals surface area contributed by atoms with Crippen LogP contribution in [0.5, 0.6) is 5.75 Å². The van der Waals surface area contributed by atoms with Gasteiger partial charge >= 0.3 is 5.69 Å². The Morgan fingerprint density at radius 2 is 2.00 bits per heavy atom. The van der Waals surface area contributed by atoms with E-state index in [0.717, 1.165) is 6.07 Å². The zero-order valence-corrected chi connectivity index (χ0v) is 7.21. The van der Waals surface area contributed by atoms with Gasteiger partial charge in [-0.25, -0.2) is 0 Å². The lowest BCUT2D eigenvalue weighted by molar-refractivity contribution is -0.385. The van der Waals surface area contributed by atoms with Crippen LogP contribution in [0.25, 0.3) is 0 Å². The lowest BCUT2D eigenvalue weighted by atomic mass is 10.2. The molecule has 0 aromatic heterocycles. The predicted molar refractivity (Wildman–Crippen MR) is 45.6 cm³/mol. The first-order chi connectivity index (χ1) is 6.43. The summed E-state index contributed by atoms with van der Waals surface area (Å²) in [5, 5.41) is 36.6. The second kappa shape index (κ2) is 3.48. The lowest BCUT2D eigenvalue weighted by Gasteiger charge is -2.10. The summed E-state index contributed by atoms with van der Waals surface area (Å²) in [4.78, 5) is 9.60. The van der Waals surface area contributed by atoms with Gasteiger partial charge in [-0.2, -0.15) is 0 Å². The molecule has 0 radical (unpaired) electrons. The Balaban J connectivity index is 3.40. The van der Waals surface area contributed by atoms with Crippen LogP contribution in [0.2, 0.25) is 0 Å². The number of hydrogen-bond donors (Lipinski definition) is 3. The van der Waals surface area contributed by atoms with Crippen molar-refractivity contribution in [3.63, 3.8) is 0 Å². The van der Waals surface area contributed by atoms with E-state index < -0.39 is 22.0 Å². The highest BCUT2D eigenvalue weighted by atomic mass is 16.8. The molecule has 0 saturated heterocycles. The topological polar surface area (TPSA) is 107 Å². The third kappa shape index (κ3) is 1.73. The summed E-state index contributed by atoms with van der Waals surface area (Å²) in [7, 11) is 0. The average molecular weight is 200 g/mol. The van der Waals surface area contributed by atoms with Crippen molar-refractivity contribution in [2.24, 2.45) is 0 Å². The predicted octanol–water partition coefficient (Wildman–Crippen LogP) is 1.19. The van der Waals surface area contributed by atoms with Gasteiger partial charge in [0.15, 0.2) is 0 Å². The van der Waals surface area contributed by atoms with Gasteiger partial charge in [-0.3, -0.25) is 20.5 Å². The van der Waals surface area contributed by atoms with Crippen molar-refractivity contribution in [1.29, 1.82) is 0 Å². The summed E-state index contributed by atoms with van der Waals surface area (Å²) in [6.45, 7) is 1.53. The van der Waals surface area contributed by atoms with E-state index in [1.165, 1.54) is 13.0 Å². The van der Waals surface area contributed by atoms with E-state index in [1.807, 2.05) is 0 Å². The van der Waals surface area contributed by atoms with Crippen molar-refractivity contribution in [2.75, 3.05) is 5.23 Å². The van der Waals surface area contributed by atoms with Gasteiger partial charge in [0.1, 0.15) is 5.69 Å². The Morgan fingerprint density at radius 1 is 1.43 bits per heavy atom. The minimum atomic E-state index is -0.810. The summed E-state index contributed by atoms with van der Waals surface area (Å²) >= 11 is 0. The second-order valence-electron chi connectivity index (χ2n) is 2.70. The van der Waals surface area contributed by atoms with Crippen LogP contribution >= 0.6 is 0 Å². The molecule has 1 aromatic carbocycles. The van der Waals surface area contributed by atoms with E-state index in [4.69, 9.17) is 10.4 Å². The Labute approximate surface area is 78.5 Å². The van der Waals surface area contributed by atoms with Crippen LogP contribution in [0.1, 0.15) is 5.56 Å². The molecule has 0 unspecified atom stereocenters. The lowest BCUT2D eigenvalue weighted by Crippen LogP contribution is -2.11. The molecule has 0 aliphatic carbocycles. The maximum absolute atomic E-state index is 10.4. The number of anilines is 1. The van der Waals surface area contributed by atoms with E-state index in [0.29, 0.717) is 5.56 Å². The van der Waals surface area contributed by atoms with Crippen LogP contribution in [0.15, 0.2) is 12.1 Å². The number of nitrogens with zero attached hydrogens (tertiary/aromatic N) is 2. The molecule has 14 heavy (non-hydrogen) atoms. The smallest absolute Gasteiger partial charge is 0.313 e. The molecule has 0 atom stereocenters. The molecule has 0 saturated carbocycles. The largest absolute Gasteiger partial charge is 0.501 e. The molecule has 0 aliphatic heterocycles. The number of hydrogen-bond acceptors (Lipinski definition) is 6. The van der Waals surface area contributed by atoms with Crippen LogP contribution < -0.4 is 5.23 Å². The van der Waals surface area contributed by atoms with Gasteiger partial charge in [0, 0.05) is 6.07 Å². The number of benzene rings is 1. The Kier molecular flexibility index (Phi) is 2.54. The number of nitro groups is 1. The molecule has 0 fully saturated rings. The van der Waals surface area contributed by atoms with Gasteiger partial charge in [0.25, 0.3) is 0 Å². The zero-order valence-electron chi connectivity index (χ0n) is 7.21. The van der Waals surface area contributed by atoms with E-state index in [-0.39, 0.29) is 5.23 Å². The summed E-state index contributed by atoms with van der Waals surface area (Å²) in [6, 6.07) is 2.32. The highest BCUT2D eigenvalue weighted by molar-refractivity contribution is 5.66. The molecule has 76 valence electrons. The number of phenols is 1. The van der Waals surface area contributed by atoms with Crippen molar-refractivity contribution in [3.8, 4) is 5.75 Å². The molecular weight excluding hydrogens is 192 g/mol. The van der Waals surface area contributed by atoms with E-state index in [9.17, 15) is 15.2 Å². The number of aromatic hydroxyl groups is 1. The number of rotatable bonds is 2. The monoisotopic (exact) mass is 200 g/mol. The molecule has 0 bridgehead atoms. The van der Waals surface area contributed by atoms with Crippen LogP contribution in [0.4, 0.5) is 11.4 Å². The highest BCUT2D eigenvalue weighted by Crippen LogP contribution is 2.36. The first-order valence-corrected chi connectivity index (χ1v) is 3.59. The first-order valence-electron chi connectivity index (χ1n) is 3.59. The van der Waals surface area contributed by atoms with Crippen LogP contribution in [-0.2, 0) is 0 Å². The fourth-order valence-electron chi connectivity index (χ4n) is 1.03. The van der Waals surface area contributed by atoms with Crippen LogP contribution in [0.3, 0.4) is 0 Å². The molecule has 0 aliphatic rings. The fourth-order valence-corrected chi connectivity index (χ4v) is 1.03. The minimum Gasteiger partial charge on any atom is -0.501 e. The van der Waals surface area contributed by atoms with Gasteiger partial charge in [0.05, 0.1) is 4.92 Å². The molecule has 1 rings (SSSR count). The van der Waals surface area contributed by atoms with E-state index >= 15 is 0 Å². The van der Waals surface area contributed by atoms with Crippen molar-refractivity contribution < 1.29 is 20.4 Å². The maximum atomic E-state index is 10.4. The minimum absolute atomic E-state index is 0.366. The average Bonchev–Trinajstić information content (AvgIpc) is 2.07. The SMILES string of the molecule is Cc1cc(N(O)O)c(O)c([N+](=O)[O-])c1. The third-order valence-corrected chi connectivity index (χ3v) is 1.63. The Morgan fingerprint density at radius 3 is 2.43 bits per heavy atom. The fraction of sp³-hybridized carbons (Fsp3) is 0.143. The van der Waals surface area contributed by atoms with Crippen molar-refractivity contribution in [1.82, 2.24) is 0 Å². The highest BCUT2D eigenvalue weighted by Gasteiger charge is 2.20. The Bertz CT molecular complexity index is 377. The van der Waals surface area contributed by atoms with Crippen molar-refractivity contribution in [3.05, 3.63) is 27.8 Å². The molecule has 1 aromatic rings. The quantitative estimate of drug-likeness (QED) is 0.489. The zero-order chi connectivity index (χ0) is 10.9. The van der Waals surface area contributed by atoms with Gasteiger partial charge < -0.3 is 5.11 Å². The first kappa shape index (κ1) is 10.2. The molecule has 3 N–H and O–H groups in total.